The van der Waals surface area contributed by atoms with Crippen LogP contribution in [0.15, 0.2) is 144 Å². The van der Waals surface area contributed by atoms with Gasteiger partial charge in [-0.1, -0.05) is 159 Å². The van der Waals surface area contributed by atoms with Crippen molar-refractivity contribution in [1.29, 1.82) is 0 Å². The van der Waals surface area contributed by atoms with Crippen molar-refractivity contribution in [2.75, 3.05) is 13.2 Å². The highest BCUT2D eigenvalue weighted by molar-refractivity contribution is 6.99. The van der Waals surface area contributed by atoms with E-state index in [1.807, 2.05) is 36.4 Å². The lowest BCUT2D eigenvalue weighted by Gasteiger charge is -2.70. The van der Waals surface area contributed by atoms with Crippen LogP contribution < -0.4 is 10.4 Å². The molecule has 5 N–H and O–H groups in total. The Hall–Kier alpha value is -7.98. The van der Waals surface area contributed by atoms with Gasteiger partial charge in [0.05, 0.1) is 48.4 Å². The number of benzene rings is 4. The van der Waals surface area contributed by atoms with Crippen molar-refractivity contribution in [2.24, 2.45) is 33.5 Å². The summed E-state index contributed by atoms with van der Waals surface area (Å²) in [5.41, 5.74) is -11.9. The van der Waals surface area contributed by atoms with Crippen molar-refractivity contribution in [3.63, 3.8) is 0 Å². The Kier molecular flexibility index (Phi) is 21.5. The third kappa shape index (κ3) is 13.0. The molecule has 0 spiro atoms. The highest BCUT2D eigenvalue weighted by Gasteiger charge is 2.81. The van der Waals surface area contributed by atoms with Gasteiger partial charge in [0.2, 0.25) is 0 Å². The molecule has 2 saturated heterocycles. The lowest BCUT2D eigenvalue weighted by molar-refractivity contribution is -0.365. The van der Waals surface area contributed by atoms with Crippen LogP contribution in [0, 0.1) is 33.5 Å². The fourth-order valence-corrected chi connectivity index (χ4v) is 24.8. The minimum atomic E-state index is -3.50. The summed E-state index contributed by atoms with van der Waals surface area (Å²) in [4.78, 5) is 106. The molecule has 107 heavy (non-hydrogen) atoms. The van der Waals surface area contributed by atoms with E-state index in [9.17, 15) is 63.9 Å². The molecule has 4 saturated carbocycles. The van der Waals surface area contributed by atoms with Crippen LogP contribution in [0.1, 0.15) is 164 Å². The van der Waals surface area contributed by atoms with Gasteiger partial charge in [0.25, 0.3) is 8.32 Å². The molecule has 24 nitrogen and oxygen atoms in total. The van der Waals surface area contributed by atoms with Crippen LogP contribution in [0.4, 0.5) is 0 Å². The summed E-state index contributed by atoms with van der Waals surface area (Å²) in [6.45, 7) is 26.9. The van der Waals surface area contributed by atoms with E-state index in [2.05, 4.69) is 45.0 Å². The molecule has 25 heteroatoms. The van der Waals surface area contributed by atoms with Crippen molar-refractivity contribution < 1.29 is 116 Å². The maximum absolute atomic E-state index is 14.6. The first-order chi connectivity index (χ1) is 50.0. The molecule has 6 aliphatic carbocycles. The number of hydrogen-bond acceptors (Lipinski definition) is 24. The van der Waals surface area contributed by atoms with Crippen molar-refractivity contribution in [1.82, 2.24) is 0 Å². The predicted octanol–water partition coefficient (Wildman–Crippen LogP) is 7.61. The lowest BCUT2D eigenvalue weighted by atomic mass is 9.44. The second-order valence-corrected chi connectivity index (χ2v) is 37.1. The highest BCUT2D eigenvalue weighted by Crippen LogP contribution is 2.69. The molecule has 20 atom stereocenters. The first kappa shape index (κ1) is 80.0. The van der Waals surface area contributed by atoms with Crippen LogP contribution >= 0.6 is 0 Å². The van der Waals surface area contributed by atoms with Crippen LogP contribution in [-0.2, 0) is 80.6 Å². The Morgan fingerprint density at radius 1 is 0.458 bits per heavy atom. The molecule has 8 aliphatic rings. The van der Waals surface area contributed by atoms with E-state index >= 15 is 0 Å². The Labute approximate surface area is 624 Å². The SMILES string of the molecule is CC(=O)OC1CC2(O)C(OC(=O)c3ccccc3)C3[C@]4(OC(C)=O)COC4CC(O)[C@@]3(C)C(O)C(OC(C)=O)C(=C1C)C2(C)C.CC(=O)OC1CC2(O)C(OC(=O)c3ccccc3)C3[C@]4(OC(C)=O)COC4CC(O[Si](c4ccccc4)(c4ccccc4)C(C)(C)C)[C@@]3(C)C(O)C(OC(C)=O)C(=C1C)C2(C)C. The van der Waals surface area contributed by atoms with Gasteiger partial charge in [0, 0.05) is 88.9 Å². The summed E-state index contributed by atoms with van der Waals surface area (Å²) >= 11 is 0. The zero-order valence-electron chi connectivity index (χ0n) is 63.9. The second-order valence-electron chi connectivity index (χ2n) is 32.9. The van der Waals surface area contributed by atoms with Crippen LogP contribution in [-0.4, -0.2) is 190 Å². The van der Waals surface area contributed by atoms with E-state index in [-0.39, 0.29) is 55.6 Å². The normalized spacial score (nSPS) is 35.7. The summed E-state index contributed by atoms with van der Waals surface area (Å²) in [7, 11) is -3.50. The Balaban J connectivity index is 0.000000224. The van der Waals surface area contributed by atoms with Gasteiger partial charge in [-0.2, -0.15) is 0 Å². The van der Waals surface area contributed by atoms with Gasteiger partial charge in [-0.25, -0.2) is 9.59 Å². The standard InChI is InChI=1S/C49H60O12Si.C33H42O12/c1-29-36(57-30(2)50)27-49(55)43(59-44(54)33-20-14-11-15-21-33)41-47(10,42(53)40(58-31(3)51)39(29)46(49,8)9)37(26-38-48(41,28-56-38)60-32(4)52)61-62(45(5,6)7,34-22-16-12-17-23-34)35-24-18-13-19-25-35;1-16-21(42-17(2)34)14-33(40)28(44-29(39)20-11-9-8-10-12-20)26-31(7,22(37)13-23-32(26,15-41-23)45-19(4)36)27(38)25(43-18(3)35)24(16)30(33,5)6/h11-25,36-38,40-43,53,55H,26-28H2,1-10H3;8-12,21-23,25-28,37-38,40H,13-15H2,1-7H3/t36?,37?,38?,40?,41?,42?,43?,47-,48+,49?;21?,22?,23?,25?,26?,27?,28?,31-,32+,33?/m11/s1. The molecular weight excluding hydrogens is 1400 g/mol. The molecular formula is C82H102O24Si. The molecule has 2 heterocycles. The van der Waals surface area contributed by atoms with E-state index in [1.165, 1.54) is 53.7 Å². The van der Waals surface area contributed by atoms with Gasteiger partial charge in [-0.3, -0.25) is 28.8 Å². The summed E-state index contributed by atoms with van der Waals surface area (Å²) in [6, 6.07) is 36.4. The number of aliphatic hydroxyl groups excluding tert-OH is 3. The molecule has 0 aromatic heterocycles. The zero-order valence-corrected chi connectivity index (χ0v) is 64.9. The number of carbonyl (C=O) groups is 8. The number of carbonyl (C=O) groups excluding carboxylic acids is 8. The molecule has 0 amide bonds. The van der Waals surface area contributed by atoms with Crippen molar-refractivity contribution in [3.8, 4) is 0 Å². The fraction of sp³-hybridized carbons (Fsp3) is 0.561. The average molecular weight is 1500 g/mol. The van der Waals surface area contributed by atoms with E-state index in [0.29, 0.717) is 16.7 Å². The number of hydrogen-bond donors (Lipinski definition) is 5. The van der Waals surface area contributed by atoms with Crippen LogP contribution in [0.25, 0.3) is 0 Å². The van der Waals surface area contributed by atoms with Crippen molar-refractivity contribution in [2.45, 2.75) is 244 Å². The molecule has 16 unspecified atom stereocenters. The quantitative estimate of drug-likeness (QED) is 0.0351. The number of rotatable bonds is 14. The molecule has 4 aromatic carbocycles. The Morgan fingerprint density at radius 3 is 1.12 bits per heavy atom. The summed E-state index contributed by atoms with van der Waals surface area (Å²) in [5.74, 6) is -8.29. The Bertz CT molecular complexity index is 4120. The van der Waals surface area contributed by atoms with Crippen LogP contribution in [0.3, 0.4) is 0 Å². The summed E-state index contributed by atoms with van der Waals surface area (Å²) in [6.07, 6.45) is -16.2. The van der Waals surface area contributed by atoms with Crippen molar-refractivity contribution in [3.05, 3.63) is 155 Å². The van der Waals surface area contributed by atoms with Gasteiger partial charge in [0.15, 0.2) is 23.4 Å². The molecule has 578 valence electrons. The first-order valence-corrected chi connectivity index (χ1v) is 38.4. The topological polar surface area (TPSA) is 339 Å². The molecule has 12 rings (SSSR count). The average Bonchev–Trinajstić information content (AvgIpc) is 0.671. The van der Waals surface area contributed by atoms with Gasteiger partial charge in [0.1, 0.15) is 60.0 Å². The van der Waals surface area contributed by atoms with Gasteiger partial charge >= 0.3 is 47.8 Å². The van der Waals surface area contributed by atoms with Crippen molar-refractivity contribution >= 4 is 66.4 Å². The Morgan fingerprint density at radius 2 is 0.794 bits per heavy atom. The fourth-order valence-electron chi connectivity index (χ4n) is 20.0. The molecule has 4 bridgehead atoms. The second kappa shape index (κ2) is 28.8. The monoisotopic (exact) mass is 1500 g/mol. The van der Waals surface area contributed by atoms with Gasteiger partial charge < -0.3 is 77.3 Å². The summed E-state index contributed by atoms with van der Waals surface area (Å²) < 4.78 is 69.3. The van der Waals surface area contributed by atoms with E-state index in [4.69, 9.17) is 51.8 Å². The zero-order chi connectivity index (χ0) is 78.5. The summed E-state index contributed by atoms with van der Waals surface area (Å²) in [5, 5.41) is 66.3. The van der Waals surface area contributed by atoms with E-state index in [1.54, 1.807) is 104 Å². The number of aliphatic hydroxyl groups is 5. The van der Waals surface area contributed by atoms with Gasteiger partial charge in [-0.15, -0.1) is 0 Å². The number of fused-ring (bicyclic) bond motifs is 10. The van der Waals surface area contributed by atoms with E-state index < -0.39 is 190 Å². The smallest absolute Gasteiger partial charge is 0.338 e. The van der Waals surface area contributed by atoms with Crippen LogP contribution in [0.5, 0.6) is 0 Å². The third-order valence-electron chi connectivity index (χ3n) is 25.2. The van der Waals surface area contributed by atoms with E-state index in [0.717, 1.165) is 10.4 Å². The molecule has 2 aliphatic heterocycles. The number of ether oxygens (including phenoxy) is 10. The predicted molar refractivity (Wildman–Crippen MR) is 387 cm³/mol. The largest absolute Gasteiger partial charge is 0.458 e. The molecule has 4 aromatic rings. The highest BCUT2D eigenvalue weighted by atomic mass is 28.4. The molecule has 6 fully saturated rings. The lowest BCUT2D eigenvalue weighted by Crippen LogP contribution is -2.83. The number of esters is 8. The van der Waals surface area contributed by atoms with Gasteiger partial charge in [-0.05, 0) is 75.8 Å². The maximum Gasteiger partial charge on any atom is 0.338 e. The van der Waals surface area contributed by atoms with Crippen LogP contribution in [0.2, 0.25) is 5.04 Å². The third-order valence-corrected chi connectivity index (χ3v) is 30.2. The maximum atomic E-state index is 14.6. The first-order valence-electron chi connectivity index (χ1n) is 36.5. The molecule has 0 radical (unpaired) electrons. The minimum Gasteiger partial charge on any atom is -0.458 e. The minimum absolute atomic E-state index is 0.0700.